The van der Waals surface area contributed by atoms with Gasteiger partial charge in [-0.15, -0.1) is 0 Å². The Morgan fingerprint density at radius 2 is 2.00 bits per heavy atom. The number of primary amides is 1. The zero-order chi connectivity index (χ0) is 13.0. The number of nitrogens with two attached hydrogens (primary N) is 1. The largest absolute Gasteiger partial charge is 0.437 e. The van der Waals surface area contributed by atoms with E-state index in [4.69, 9.17) is 10.5 Å². The van der Waals surface area contributed by atoms with E-state index in [1.54, 1.807) is 37.5 Å². The summed E-state index contributed by atoms with van der Waals surface area (Å²) in [5.41, 5.74) is 5.57. The van der Waals surface area contributed by atoms with Gasteiger partial charge in [0.25, 0.3) is 0 Å². The summed E-state index contributed by atoms with van der Waals surface area (Å²) in [5.74, 6) is 1.07. The van der Waals surface area contributed by atoms with Gasteiger partial charge in [-0.2, -0.15) is 4.98 Å². The number of rotatable bonds is 4. The van der Waals surface area contributed by atoms with Crippen LogP contribution in [0.1, 0.15) is 10.4 Å². The van der Waals surface area contributed by atoms with Gasteiger partial charge in [-0.05, 0) is 24.3 Å². The highest BCUT2D eigenvalue weighted by molar-refractivity contribution is 5.92. The smallest absolute Gasteiger partial charge is 0.248 e. The summed E-state index contributed by atoms with van der Waals surface area (Å²) < 4.78 is 5.49. The predicted molar refractivity (Wildman–Crippen MR) is 66.6 cm³/mol. The number of nitrogens with zero attached hydrogens (tertiary/aromatic N) is 2. The zero-order valence-electron chi connectivity index (χ0n) is 9.75. The minimum absolute atomic E-state index is 0.369. The Morgan fingerprint density at radius 3 is 2.61 bits per heavy atom. The Kier molecular flexibility index (Phi) is 3.38. The summed E-state index contributed by atoms with van der Waals surface area (Å²) in [6, 6.07) is 6.47. The lowest BCUT2D eigenvalue weighted by Gasteiger charge is -2.06. The lowest BCUT2D eigenvalue weighted by Crippen LogP contribution is -2.10. The molecule has 0 aliphatic carbocycles. The number of benzene rings is 1. The number of hydrogen-bond donors (Lipinski definition) is 2. The molecular weight excluding hydrogens is 232 g/mol. The van der Waals surface area contributed by atoms with Crippen LogP contribution in [0.4, 0.5) is 5.82 Å². The standard InChI is InChI=1S/C12H12N4O2/c1-14-10-6-15-7-11(16-10)18-9-4-2-8(3-5-9)12(13)17/h2-7H,1H3,(H2,13,17)(H,14,16). The lowest BCUT2D eigenvalue weighted by molar-refractivity contribution is 0.100. The van der Waals surface area contributed by atoms with Crippen LogP contribution in [-0.4, -0.2) is 22.9 Å². The summed E-state index contributed by atoms with van der Waals surface area (Å²) in [6.45, 7) is 0. The first-order valence-corrected chi connectivity index (χ1v) is 5.26. The van der Waals surface area contributed by atoms with E-state index in [0.717, 1.165) is 0 Å². The van der Waals surface area contributed by atoms with E-state index >= 15 is 0 Å². The molecule has 1 aromatic carbocycles. The van der Waals surface area contributed by atoms with Crippen LogP contribution >= 0.6 is 0 Å². The first kappa shape index (κ1) is 11.8. The summed E-state index contributed by atoms with van der Waals surface area (Å²) in [5, 5.41) is 2.86. The van der Waals surface area contributed by atoms with Crippen LogP contribution < -0.4 is 15.8 Å². The van der Waals surface area contributed by atoms with Crippen LogP contribution in [0, 0.1) is 0 Å². The molecule has 0 aliphatic rings. The molecule has 0 unspecified atom stereocenters. The highest BCUT2D eigenvalue weighted by Gasteiger charge is 2.03. The Hall–Kier alpha value is -2.63. The minimum Gasteiger partial charge on any atom is -0.437 e. The zero-order valence-corrected chi connectivity index (χ0v) is 9.75. The third kappa shape index (κ3) is 2.73. The molecule has 0 radical (unpaired) electrons. The van der Waals surface area contributed by atoms with Crippen molar-refractivity contribution < 1.29 is 9.53 Å². The first-order chi connectivity index (χ1) is 8.69. The van der Waals surface area contributed by atoms with E-state index in [9.17, 15) is 4.79 Å². The van der Waals surface area contributed by atoms with Crippen molar-refractivity contribution in [3.05, 3.63) is 42.2 Å². The van der Waals surface area contributed by atoms with Gasteiger partial charge in [0, 0.05) is 12.6 Å². The second kappa shape index (κ2) is 5.13. The number of aromatic nitrogens is 2. The maximum absolute atomic E-state index is 10.9. The van der Waals surface area contributed by atoms with Crippen molar-refractivity contribution in [2.45, 2.75) is 0 Å². The number of hydrogen-bond acceptors (Lipinski definition) is 5. The number of anilines is 1. The Balaban J connectivity index is 2.15. The SMILES string of the molecule is CNc1cncc(Oc2ccc(C(N)=O)cc2)n1. The number of amides is 1. The molecule has 1 aromatic heterocycles. The molecule has 18 heavy (non-hydrogen) atoms. The molecule has 0 fully saturated rings. The van der Waals surface area contributed by atoms with Gasteiger partial charge in [0.15, 0.2) is 0 Å². The second-order valence-corrected chi connectivity index (χ2v) is 3.48. The molecule has 0 spiro atoms. The van der Waals surface area contributed by atoms with Crippen LogP contribution in [0.2, 0.25) is 0 Å². The molecule has 6 heteroatoms. The fraction of sp³-hybridized carbons (Fsp3) is 0.0833. The number of nitrogens with one attached hydrogen (secondary N) is 1. The third-order valence-corrected chi connectivity index (χ3v) is 2.23. The van der Waals surface area contributed by atoms with E-state index in [1.165, 1.54) is 6.20 Å². The molecule has 0 aliphatic heterocycles. The monoisotopic (exact) mass is 244 g/mol. The predicted octanol–water partition coefficient (Wildman–Crippen LogP) is 1.41. The number of carbonyl (C=O) groups is 1. The number of ether oxygens (including phenoxy) is 1. The Morgan fingerprint density at radius 1 is 1.28 bits per heavy atom. The topological polar surface area (TPSA) is 90.1 Å². The van der Waals surface area contributed by atoms with Crippen LogP contribution in [0.3, 0.4) is 0 Å². The molecular formula is C12H12N4O2. The molecule has 92 valence electrons. The van der Waals surface area contributed by atoms with Gasteiger partial charge in [-0.3, -0.25) is 9.78 Å². The maximum atomic E-state index is 10.9. The van der Waals surface area contributed by atoms with Crippen LogP contribution in [-0.2, 0) is 0 Å². The quantitative estimate of drug-likeness (QED) is 0.848. The summed E-state index contributed by atoms with van der Waals surface area (Å²) >= 11 is 0. The molecule has 2 rings (SSSR count). The third-order valence-electron chi connectivity index (χ3n) is 2.23. The molecule has 0 saturated heterocycles. The van der Waals surface area contributed by atoms with Crippen LogP contribution in [0.25, 0.3) is 0 Å². The molecule has 0 saturated carbocycles. The van der Waals surface area contributed by atoms with Crippen LogP contribution in [0.5, 0.6) is 11.6 Å². The molecule has 6 nitrogen and oxygen atoms in total. The second-order valence-electron chi connectivity index (χ2n) is 3.48. The van der Waals surface area contributed by atoms with Crippen molar-refractivity contribution in [1.82, 2.24) is 9.97 Å². The van der Waals surface area contributed by atoms with E-state index in [0.29, 0.717) is 23.0 Å². The van der Waals surface area contributed by atoms with Gasteiger partial charge in [0.2, 0.25) is 11.8 Å². The van der Waals surface area contributed by atoms with Crippen LogP contribution in [0.15, 0.2) is 36.7 Å². The van der Waals surface area contributed by atoms with E-state index in [-0.39, 0.29) is 0 Å². The van der Waals surface area contributed by atoms with E-state index in [2.05, 4.69) is 15.3 Å². The van der Waals surface area contributed by atoms with Crippen molar-refractivity contribution in [2.75, 3.05) is 12.4 Å². The molecule has 0 atom stereocenters. The van der Waals surface area contributed by atoms with Gasteiger partial charge in [-0.1, -0.05) is 0 Å². The molecule has 2 aromatic rings. The maximum Gasteiger partial charge on any atom is 0.248 e. The summed E-state index contributed by atoms with van der Waals surface area (Å²) in [6.07, 6.45) is 3.09. The molecule has 0 bridgehead atoms. The van der Waals surface area contributed by atoms with Crippen molar-refractivity contribution in [1.29, 1.82) is 0 Å². The van der Waals surface area contributed by atoms with Gasteiger partial charge in [0.05, 0.1) is 12.4 Å². The van der Waals surface area contributed by atoms with E-state index in [1.807, 2.05) is 0 Å². The van der Waals surface area contributed by atoms with Gasteiger partial charge < -0.3 is 15.8 Å². The van der Waals surface area contributed by atoms with E-state index < -0.39 is 5.91 Å². The fourth-order valence-electron chi connectivity index (χ4n) is 1.33. The van der Waals surface area contributed by atoms with Crippen molar-refractivity contribution in [2.24, 2.45) is 5.73 Å². The normalized spacial score (nSPS) is 9.83. The lowest BCUT2D eigenvalue weighted by atomic mass is 10.2. The molecule has 1 amide bonds. The average molecular weight is 244 g/mol. The van der Waals surface area contributed by atoms with Crippen molar-refractivity contribution >= 4 is 11.7 Å². The number of carbonyl (C=O) groups excluding carboxylic acids is 1. The Labute approximate surface area is 104 Å². The highest BCUT2D eigenvalue weighted by atomic mass is 16.5. The summed E-state index contributed by atoms with van der Waals surface area (Å²) in [7, 11) is 1.75. The molecule has 1 heterocycles. The summed E-state index contributed by atoms with van der Waals surface area (Å²) in [4.78, 5) is 19.0. The minimum atomic E-state index is -0.474. The van der Waals surface area contributed by atoms with Gasteiger partial charge in [0.1, 0.15) is 11.6 Å². The fourth-order valence-corrected chi connectivity index (χ4v) is 1.33. The Bertz CT molecular complexity index is 554. The van der Waals surface area contributed by atoms with Gasteiger partial charge in [-0.25, -0.2) is 0 Å². The first-order valence-electron chi connectivity index (χ1n) is 5.26. The van der Waals surface area contributed by atoms with Crippen molar-refractivity contribution in [3.63, 3.8) is 0 Å². The van der Waals surface area contributed by atoms with Gasteiger partial charge >= 0.3 is 0 Å². The molecule has 3 N–H and O–H groups in total. The van der Waals surface area contributed by atoms with Crippen molar-refractivity contribution in [3.8, 4) is 11.6 Å². The highest BCUT2D eigenvalue weighted by Crippen LogP contribution is 2.19. The average Bonchev–Trinajstić information content (AvgIpc) is 2.39.